The lowest BCUT2D eigenvalue weighted by molar-refractivity contribution is -0.145. The zero-order valence-corrected chi connectivity index (χ0v) is 13.6. The minimum Gasteiger partial charge on any atom is -0.461 e. The third-order valence-electron chi connectivity index (χ3n) is 4.35. The lowest BCUT2D eigenvalue weighted by Crippen LogP contribution is -2.53. The molecule has 0 bridgehead atoms. The van der Waals surface area contributed by atoms with Gasteiger partial charge in [-0.15, -0.1) is 0 Å². The first kappa shape index (κ1) is 16.2. The highest BCUT2D eigenvalue weighted by Gasteiger charge is 2.38. The second-order valence-corrected chi connectivity index (χ2v) is 6.36. The molecule has 3 rings (SSSR count). The molecule has 2 fully saturated rings. The lowest BCUT2D eigenvalue weighted by atomic mass is 10.1. The van der Waals surface area contributed by atoms with Crippen molar-refractivity contribution in [3.05, 3.63) is 34.6 Å². The van der Waals surface area contributed by atoms with E-state index in [-0.39, 0.29) is 29.0 Å². The molecule has 0 aliphatic carbocycles. The van der Waals surface area contributed by atoms with Crippen molar-refractivity contribution in [1.82, 2.24) is 9.80 Å². The van der Waals surface area contributed by atoms with Gasteiger partial charge in [-0.05, 0) is 25.1 Å². The largest absolute Gasteiger partial charge is 0.461 e. The quantitative estimate of drug-likeness (QED) is 0.772. The van der Waals surface area contributed by atoms with E-state index in [2.05, 4.69) is 4.90 Å². The average molecular weight is 341 g/mol. The summed E-state index contributed by atoms with van der Waals surface area (Å²) < 4.78 is 18.3. The van der Waals surface area contributed by atoms with Crippen molar-refractivity contribution in [3.63, 3.8) is 0 Å². The molecule has 1 amide bonds. The molecule has 2 aliphatic heterocycles. The van der Waals surface area contributed by atoms with E-state index in [4.69, 9.17) is 16.3 Å². The molecule has 5 nitrogen and oxygen atoms in total. The van der Waals surface area contributed by atoms with Crippen molar-refractivity contribution < 1.29 is 18.7 Å². The molecule has 0 unspecified atom stereocenters. The molecule has 2 aliphatic rings. The zero-order chi connectivity index (χ0) is 16.6. The normalized spacial score (nSPS) is 25.5. The molecule has 0 spiro atoms. The predicted molar refractivity (Wildman–Crippen MR) is 82.8 cm³/mol. The van der Waals surface area contributed by atoms with Crippen LogP contribution in [0, 0.1) is 5.82 Å². The molecule has 2 atom stereocenters. The number of amides is 1. The topological polar surface area (TPSA) is 49.9 Å². The highest BCUT2D eigenvalue weighted by molar-refractivity contribution is 6.33. The van der Waals surface area contributed by atoms with Crippen molar-refractivity contribution in [2.75, 3.05) is 26.2 Å². The van der Waals surface area contributed by atoms with Gasteiger partial charge in [-0.1, -0.05) is 11.6 Å². The van der Waals surface area contributed by atoms with Gasteiger partial charge < -0.3 is 9.64 Å². The van der Waals surface area contributed by atoms with Crippen LogP contribution in [0.5, 0.6) is 0 Å². The number of carbonyl (C=O) groups is 2. The number of nitrogens with zero attached hydrogens (tertiary/aromatic N) is 2. The minimum atomic E-state index is -0.467. The average Bonchev–Trinajstić information content (AvgIpc) is 2.85. The van der Waals surface area contributed by atoms with Gasteiger partial charge >= 0.3 is 5.97 Å². The number of hydrogen-bond donors (Lipinski definition) is 0. The zero-order valence-electron chi connectivity index (χ0n) is 12.8. The van der Waals surface area contributed by atoms with Crippen molar-refractivity contribution >= 4 is 23.5 Å². The Kier molecular flexibility index (Phi) is 4.55. The summed E-state index contributed by atoms with van der Waals surface area (Å²) in [4.78, 5) is 28.0. The van der Waals surface area contributed by atoms with Crippen LogP contribution in [0.4, 0.5) is 4.39 Å². The summed E-state index contributed by atoms with van der Waals surface area (Å²) in [5.74, 6) is -0.860. The Morgan fingerprint density at radius 3 is 2.57 bits per heavy atom. The standard InChI is InChI=1S/C16H18ClFN2O3/c1-10-8-14(16(22)23-10)19-4-6-20(7-5-19)15(21)12-3-2-11(18)9-13(12)17/h2-3,9-10,14H,4-8H2,1H3/t10-,14-/m1/s1. The van der Waals surface area contributed by atoms with E-state index >= 15 is 0 Å². The second kappa shape index (κ2) is 6.45. The molecular formula is C16H18ClFN2O3. The number of esters is 1. The number of ether oxygens (including phenoxy) is 1. The number of piperazine rings is 1. The number of rotatable bonds is 2. The third kappa shape index (κ3) is 3.33. The van der Waals surface area contributed by atoms with Gasteiger partial charge in [-0.25, -0.2) is 4.39 Å². The van der Waals surface area contributed by atoms with Crippen LogP contribution in [0.25, 0.3) is 0 Å². The fourth-order valence-corrected chi connectivity index (χ4v) is 3.35. The van der Waals surface area contributed by atoms with Crippen LogP contribution in [0.15, 0.2) is 18.2 Å². The predicted octanol–water partition coefficient (Wildman–Crippen LogP) is 1.94. The third-order valence-corrected chi connectivity index (χ3v) is 4.66. The smallest absolute Gasteiger partial charge is 0.323 e. The Morgan fingerprint density at radius 1 is 1.30 bits per heavy atom. The maximum Gasteiger partial charge on any atom is 0.323 e. The van der Waals surface area contributed by atoms with Crippen LogP contribution in [0.1, 0.15) is 23.7 Å². The van der Waals surface area contributed by atoms with Gasteiger partial charge in [-0.2, -0.15) is 0 Å². The van der Waals surface area contributed by atoms with Gasteiger partial charge in [0.1, 0.15) is 18.0 Å². The summed E-state index contributed by atoms with van der Waals surface area (Å²) in [5.41, 5.74) is 0.301. The second-order valence-electron chi connectivity index (χ2n) is 5.95. The van der Waals surface area contributed by atoms with Gasteiger partial charge in [0.2, 0.25) is 0 Å². The Morgan fingerprint density at radius 2 is 2.00 bits per heavy atom. The first-order valence-corrected chi connectivity index (χ1v) is 8.02. The molecule has 7 heteroatoms. The Balaban J connectivity index is 1.62. The summed E-state index contributed by atoms with van der Waals surface area (Å²) in [5, 5.41) is 0.116. The molecule has 0 saturated carbocycles. The molecule has 2 heterocycles. The fourth-order valence-electron chi connectivity index (χ4n) is 3.10. The molecule has 124 valence electrons. The van der Waals surface area contributed by atoms with Crippen molar-refractivity contribution in [2.45, 2.75) is 25.5 Å². The first-order valence-electron chi connectivity index (χ1n) is 7.64. The molecule has 1 aromatic carbocycles. The highest BCUT2D eigenvalue weighted by atomic mass is 35.5. The Hall–Kier alpha value is -1.66. The SMILES string of the molecule is C[C@@H]1C[C@@H](N2CCN(C(=O)c3ccc(F)cc3Cl)CC2)C(=O)O1. The van der Waals surface area contributed by atoms with Crippen LogP contribution in [0.3, 0.4) is 0 Å². The number of hydrogen-bond acceptors (Lipinski definition) is 4. The van der Waals surface area contributed by atoms with Crippen LogP contribution >= 0.6 is 11.6 Å². The maximum atomic E-state index is 13.1. The van der Waals surface area contributed by atoms with Gasteiger partial charge in [0.05, 0.1) is 10.6 Å². The molecule has 2 saturated heterocycles. The molecular weight excluding hydrogens is 323 g/mol. The van der Waals surface area contributed by atoms with Crippen LogP contribution in [-0.2, 0) is 9.53 Å². The molecule has 0 N–H and O–H groups in total. The van der Waals surface area contributed by atoms with Crippen molar-refractivity contribution in [1.29, 1.82) is 0 Å². The van der Waals surface area contributed by atoms with Gasteiger partial charge in [0, 0.05) is 32.6 Å². The van der Waals surface area contributed by atoms with E-state index in [0.717, 1.165) is 6.07 Å². The minimum absolute atomic E-state index is 0.0508. The summed E-state index contributed by atoms with van der Waals surface area (Å²) >= 11 is 5.95. The monoisotopic (exact) mass is 340 g/mol. The Labute approximate surface area is 138 Å². The number of halogens is 2. The summed E-state index contributed by atoms with van der Waals surface area (Å²) in [6.07, 6.45) is 0.640. The summed E-state index contributed by atoms with van der Waals surface area (Å²) in [6, 6.07) is 3.56. The van der Waals surface area contributed by atoms with Crippen LogP contribution in [0.2, 0.25) is 5.02 Å². The fraction of sp³-hybridized carbons (Fsp3) is 0.500. The van der Waals surface area contributed by atoms with Crippen molar-refractivity contribution in [2.24, 2.45) is 0 Å². The lowest BCUT2D eigenvalue weighted by Gasteiger charge is -2.36. The van der Waals surface area contributed by atoms with Crippen LogP contribution < -0.4 is 0 Å². The van der Waals surface area contributed by atoms with E-state index in [0.29, 0.717) is 38.2 Å². The van der Waals surface area contributed by atoms with E-state index in [9.17, 15) is 14.0 Å². The van der Waals surface area contributed by atoms with E-state index in [1.165, 1.54) is 12.1 Å². The molecule has 0 aromatic heterocycles. The number of benzene rings is 1. The van der Waals surface area contributed by atoms with Gasteiger partial charge in [0.25, 0.3) is 5.91 Å². The number of cyclic esters (lactones) is 1. The molecule has 1 aromatic rings. The maximum absolute atomic E-state index is 13.1. The first-order chi connectivity index (χ1) is 11.0. The molecule has 0 radical (unpaired) electrons. The highest BCUT2D eigenvalue weighted by Crippen LogP contribution is 2.23. The number of carbonyl (C=O) groups excluding carboxylic acids is 2. The van der Waals surface area contributed by atoms with Crippen LogP contribution in [-0.4, -0.2) is 60.0 Å². The summed E-state index contributed by atoms with van der Waals surface area (Å²) in [7, 11) is 0. The van der Waals surface area contributed by atoms with Gasteiger partial charge in [0.15, 0.2) is 0 Å². The van der Waals surface area contributed by atoms with Crippen molar-refractivity contribution in [3.8, 4) is 0 Å². The van der Waals surface area contributed by atoms with E-state index in [1.807, 2.05) is 6.92 Å². The molecule has 23 heavy (non-hydrogen) atoms. The summed E-state index contributed by atoms with van der Waals surface area (Å²) in [6.45, 7) is 4.11. The van der Waals surface area contributed by atoms with E-state index < -0.39 is 5.82 Å². The Bertz CT molecular complexity index is 632. The van der Waals surface area contributed by atoms with Gasteiger partial charge in [-0.3, -0.25) is 14.5 Å². The van der Waals surface area contributed by atoms with E-state index in [1.54, 1.807) is 4.90 Å².